The minimum Gasteiger partial charge on any atom is -0.508 e. The number of methoxy groups -OCH3 is 1. The van der Waals surface area contributed by atoms with Crippen molar-refractivity contribution >= 4 is 16.7 Å². The van der Waals surface area contributed by atoms with Crippen molar-refractivity contribution in [3.05, 3.63) is 84.2 Å². The van der Waals surface area contributed by atoms with Crippen LogP contribution in [-0.2, 0) is 0 Å². The number of aromatic hydroxyl groups is 1. The first-order valence-electron chi connectivity index (χ1n) is 8.24. The van der Waals surface area contributed by atoms with Crippen LogP contribution in [0.15, 0.2) is 88.3 Å². The third kappa shape index (κ3) is 3.17. The maximum absolute atomic E-state index is 9.88. The molecule has 0 saturated carbocycles. The minimum atomic E-state index is 0.173. The van der Waals surface area contributed by atoms with E-state index in [4.69, 9.17) is 14.1 Å². The van der Waals surface area contributed by atoms with E-state index in [0.717, 1.165) is 33.5 Å². The Morgan fingerprint density at radius 3 is 2.38 bits per heavy atom. The van der Waals surface area contributed by atoms with E-state index in [9.17, 15) is 5.11 Å². The minimum absolute atomic E-state index is 0.173. The zero-order valence-electron chi connectivity index (χ0n) is 14.2. The predicted molar refractivity (Wildman–Crippen MR) is 102 cm³/mol. The number of hydrogen-bond acceptors (Lipinski definition) is 4. The van der Waals surface area contributed by atoms with Crippen LogP contribution >= 0.6 is 0 Å². The molecular formula is C22H17NO3. The van der Waals surface area contributed by atoms with E-state index in [1.165, 1.54) is 0 Å². The lowest BCUT2D eigenvalue weighted by Crippen LogP contribution is -2.03. The van der Waals surface area contributed by atoms with Gasteiger partial charge in [0.1, 0.15) is 22.8 Å². The molecule has 128 valence electrons. The van der Waals surface area contributed by atoms with E-state index in [1.54, 1.807) is 25.3 Å². The summed E-state index contributed by atoms with van der Waals surface area (Å²) in [6.07, 6.45) is 0. The third-order valence-corrected chi connectivity index (χ3v) is 4.11. The summed E-state index contributed by atoms with van der Waals surface area (Å²) < 4.78 is 11.2. The Bertz CT molecular complexity index is 1110. The Balaban J connectivity index is 1.95. The molecule has 0 unspecified atom stereocenters. The maximum atomic E-state index is 9.88. The van der Waals surface area contributed by atoms with Gasteiger partial charge in [-0.05, 0) is 42.5 Å². The van der Waals surface area contributed by atoms with Gasteiger partial charge < -0.3 is 14.3 Å². The topological polar surface area (TPSA) is 55.0 Å². The number of fused-ring (bicyclic) bond motifs is 1. The molecule has 0 aliphatic heterocycles. The normalized spacial score (nSPS) is 11.7. The molecule has 1 N–H and O–H groups in total. The van der Waals surface area contributed by atoms with Crippen molar-refractivity contribution in [1.29, 1.82) is 0 Å². The lowest BCUT2D eigenvalue weighted by molar-refractivity contribution is 0.415. The second-order valence-corrected chi connectivity index (χ2v) is 5.85. The molecule has 0 aliphatic rings. The van der Waals surface area contributed by atoms with Crippen LogP contribution in [0.2, 0.25) is 0 Å². The van der Waals surface area contributed by atoms with E-state index in [-0.39, 0.29) is 5.75 Å². The van der Waals surface area contributed by atoms with E-state index < -0.39 is 0 Å². The Labute approximate surface area is 150 Å². The first-order valence-corrected chi connectivity index (χ1v) is 8.24. The number of benzene rings is 3. The molecule has 1 heterocycles. The first-order chi connectivity index (χ1) is 12.7. The SMILES string of the molecule is COc1ccc(N=c2cc(-c3ccccc3)oc3ccc(O)cc23)cc1. The average Bonchev–Trinajstić information content (AvgIpc) is 2.69. The van der Waals surface area contributed by atoms with Crippen LogP contribution < -0.4 is 10.1 Å². The molecule has 26 heavy (non-hydrogen) atoms. The van der Waals surface area contributed by atoms with Crippen molar-refractivity contribution < 1.29 is 14.3 Å². The fraction of sp³-hybridized carbons (Fsp3) is 0.0455. The molecule has 1 aromatic heterocycles. The molecule has 0 atom stereocenters. The van der Waals surface area contributed by atoms with Gasteiger partial charge in [-0.25, -0.2) is 4.99 Å². The van der Waals surface area contributed by atoms with Gasteiger partial charge in [-0.15, -0.1) is 0 Å². The number of rotatable bonds is 3. The van der Waals surface area contributed by atoms with Crippen LogP contribution in [0.3, 0.4) is 0 Å². The number of hydrogen-bond donors (Lipinski definition) is 1. The van der Waals surface area contributed by atoms with Gasteiger partial charge in [0.2, 0.25) is 0 Å². The summed E-state index contributed by atoms with van der Waals surface area (Å²) in [7, 11) is 1.63. The summed E-state index contributed by atoms with van der Waals surface area (Å²) in [4.78, 5) is 4.75. The molecule has 0 radical (unpaired) electrons. The lowest BCUT2D eigenvalue weighted by Gasteiger charge is -2.06. The molecular weight excluding hydrogens is 326 g/mol. The number of ether oxygens (including phenoxy) is 1. The van der Waals surface area contributed by atoms with Crippen LogP contribution in [0.4, 0.5) is 5.69 Å². The zero-order valence-corrected chi connectivity index (χ0v) is 14.2. The van der Waals surface area contributed by atoms with Gasteiger partial charge in [0.05, 0.1) is 18.2 Å². The summed E-state index contributed by atoms with van der Waals surface area (Å²) in [6, 6.07) is 24.3. The monoisotopic (exact) mass is 343 g/mol. The van der Waals surface area contributed by atoms with Crippen molar-refractivity contribution in [3.63, 3.8) is 0 Å². The molecule has 0 bridgehead atoms. The highest BCUT2D eigenvalue weighted by atomic mass is 16.5. The van der Waals surface area contributed by atoms with Gasteiger partial charge in [0.25, 0.3) is 0 Å². The number of nitrogens with zero attached hydrogens (tertiary/aromatic N) is 1. The standard InChI is InChI=1S/C22H17NO3/c1-25-18-10-7-16(8-11-18)23-20-14-22(15-5-3-2-4-6-15)26-21-12-9-17(24)13-19(20)21/h2-14,24H,1H3. The van der Waals surface area contributed by atoms with Crippen LogP contribution in [0.25, 0.3) is 22.3 Å². The molecule has 0 aliphatic carbocycles. The number of phenols is 1. The van der Waals surface area contributed by atoms with Gasteiger partial charge >= 0.3 is 0 Å². The highest BCUT2D eigenvalue weighted by molar-refractivity contribution is 5.80. The van der Waals surface area contributed by atoms with E-state index in [0.29, 0.717) is 5.58 Å². The van der Waals surface area contributed by atoms with Crippen molar-refractivity contribution in [3.8, 4) is 22.8 Å². The maximum Gasteiger partial charge on any atom is 0.137 e. The zero-order chi connectivity index (χ0) is 17.9. The highest BCUT2D eigenvalue weighted by Crippen LogP contribution is 2.25. The first kappa shape index (κ1) is 16.0. The van der Waals surface area contributed by atoms with Crippen LogP contribution in [-0.4, -0.2) is 12.2 Å². The molecule has 4 rings (SSSR count). The fourth-order valence-electron chi connectivity index (χ4n) is 2.79. The second kappa shape index (κ2) is 6.76. The largest absolute Gasteiger partial charge is 0.508 e. The van der Waals surface area contributed by atoms with Crippen LogP contribution in [0.5, 0.6) is 11.5 Å². The van der Waals surface area contributed by atoms with Crippen molar-refractivity contribution in [2.75, 3.05) is 7.11 Å². The molecule has 0 spiro atoms. The van der Waals surface area contributed by atoms with Gasteiger partial charge in [0, 0.05) is 17.0 Å². The highest BCUT2D eigenvalue weighted by Gasteiger charge is 2.07. The molecule has 4 heteroatoms. The van der Waals surface area contributed by atoms with E-state index >= 15 is 0 Å². The number of phenolic OH excluding ortho intramolecular Hbond substituents is 1. The van der Waals surface area contributed by atoms with Crippen LogP contribution in [0, 0.1) is 0 Å². The predicted octanol–water partition coefficient (Wildman–Crippen LogP) is 5.05. The summed E-state index contributed by atoms with van der Waals surface area (Å²) in [6.45, 7) is 0. The molecule has 0 amide bonds. The quantitative estimate of drug-likeness (QED) is 0.566. The summed E-state index contributed by atoms with van der Waals surface area (Å²) >= 11 is 0. The Morgan fingerprint density at radius 1 is 0.885 bits per heavy atom. The van der Waals surface area contributed by atoms with Crippen molar-refractivity contribution in [1.82, 2.24) is 0 Å². The van der Waals surface area contributed by atoms with E-state index in [1.807, 2.05) is 60.7 Å². The summed E-state index contributed by atoms with van der Waals surface area (Å²) in [5.41, 5.74) is 2.42. The second-order valence-electron chi connectivity index (χ2n) is 5.85. The molecule has 0 fully saturated rings. The molecule has 4 nitrogen and oxygen atoms in total. The fourth-order valence-corrected chi connectivity index (χ4v) is 2.79. The molecule has 0 saturated heterocycles. The van der Waals surface area contributed by atoms with Gasteiger partial charge in [0.15, 0.2) is 0 Å². The Hall–Kier alpha value is -3.53. The Kier molecular flexibility index (Phi) is 4.15. The molecule has 3 aromatic carbocycles. The van der Waals surface area contributed by atoms with Crippen molar-refractivity contribution in [2.45, 2.75) is 0 Å². The van der Waals surface area contributed by atoms with Gasteiger partial charge in [-0.1, -0.05) is 30.3 Å². The average molecular weight is 343 g/mol. The van der Waals surface area contributed by atoms with Gasteiger partial charge in [-0.2, -0.15) is 0 Å². The summed E-state index contributed by atoms with van der Waals surface area (Å²) in [5.74, 6) is 1.67. The van der Waals surface area contributed by atoms with Crippen LogP contribution in [0.1, 0.15) is 0 Å². The van der Waals surface area contributed by atoms with Crippen molar-refractivity contribution in [2.24, 2.45) is 4.99 Å². The Morgan fingerprint density at radius 2 is 1.65 bits per heavy atom. The third-order valence-electron chi connectivity index (χ3n) is 4.11. The molecule has 4 aromatic rings. The summed E-state index contributed by atoms with van der Waals surface area (Å²) in [5, 5.41) is 11.4. The van der Waals surface area contributed by atoms with Gasteiger partial charge in [-0.3, -0.25) is 0 Å². The lowest BCUT2D eigenvalue weighted by atomic mass is 10.1. The van der Waals surface area contributed by atoms with E-state index in [2.05, 4.69) is 0 Å². The smallest absolute Gasteiger partial charge is 0.137 e.